The molecule has 0 radical (unpaired) electrons. The van der Waals surface area contributed by atoms with Crippen molar-refractivity contribution in [1.82, 2.24) is 5.32 Å². The predicted octanol–water partition coefficient (Wildman–Crippen LogP) is 2.28. The minimum absolute atomic E-state index is 0.0335. The third-order valence-corrected chi connectivity index (χ3v) is 4.28. The van der Waals surface area contributed by atoms with Crippen LogP contribution in [0.4, 0.5) is 15.8 Å². The quantitative estimate of drug-likeness (QED) is 0.257. The number of aromatic hydroxyl groups is 1. The summed E-state index contributed by atoms with van der Waals surface area (Å²) in [5, 5.41) is 23.0. The number of carbonyl (C=O) groups is 2. The van der Waals surface area contributed by atoms with Gasteiger partial charge in [-0.15, -0.1) is 0 Å². The van der Waals surface area contributed by atoms with Gasteiger partial charge in [-0.1, -0.05) is 12.1 Å². The van der Waals surface area contributed by atoms with Crippen LogP contribution < -0.4 is 15.0 Å². The van der Waals surface area contributed by atoms with Crippen LogP contribution in [-0.4, -0.2) is 34.1 Å². The van der Waals surface area contributed by atoms with Crippen molar-refractivity contribution in [2.75, 3.05) is 12.0 Å². The smallest absolute Gasteiger partial charge is 0.315 e. The molecule has 1 aliphatic rings. The molecule has 2 aromatic rings. The number of halogens is 1. The summed E-state index contributed by atoms with van der Waals surface area (Å²) in [5.41, 5.74) is -1.25. The predicted molar refractivity (Wildman–Crippen MR) is 104 cm³/mol. The second kappa shape index (κ2) is 7.64. The molecule has 148 valence electrons. The second-order valence-electron chi connectivity index (χ2n) is 5.76. The van der Waals surface area contributed by atoms with Gasteiger partial charge in [-0.3, -0.25) is 25.0 Å². The fraction of sp³-hybridized carbons (Fsp3) is 0.0556. The van der Waals surface area contributed by atoms with Crippen molar-refractivity contribution in [2.24, 2.45) is 0 Å². The molecule has 0 aliphatic carbocycles. The summed E-state index contributed by atoms with van der Waals surface area (Å²) in [5.74, 6) is -3.44. The molecule has 1 aliphatic heterocycles. The van der Waals surface area contributed by atoms with Crippen LogP contribution in [0.5, 0.6) is 11.5 Å². The molecule has 0 saturated carbocycles. The zero-order valence-corrected chi connectivity index (χ0v) is 15.5. The van der Waals surface area contributed by atoms with E-state index in [1.165, 1.54) is 31.4 Å². The van der Waals surface area contributed by atoms with E-state index < -0.39 is 39.6 Å². The van der Waals surface area contributed by atoms with Gasteiger partial charge in [0.2, 0.25) is 5.75 Å². The Hall–Kier alpha value is -3.86. The zero-order chi connectivity index (χ0) is 21.3. The Labute approximate surface area is 168 Å². The summed E-state index contributed by atoms with van der Waals surface area (Å²) >= 11 is 4.99. The summed E-state index contributed by atoms with van der Waals surface area (Å²) in [6.45, 7) is 0. The van der Waals surface area contributed by atoms with Crippen LogP contribution in [0.3, 0.4) is 0 Å². The first-order chi connectivity index (χ1) is 13.7. The number of ether oxygens (including phenoxy) is 1. The maximum absolute atomic E-state index is 14.2. The minimum Gasteiger partial charge on any atom is -0.500 e. The molecule has 2 aromatic carbocycles. The Morgan fingerprint density at radius 1 is 1.31 bits per heavy atom. The number of methoxy groups -OCH3 is 1. The number of nitro groups is 1. The van der Waals surface area contributed by atoms with Gasteiger partial charge in [0.25, 0.3) is 11.8 Å². The number of para-hydroxylation sites is 1. The molecule has 3 rings (SSSR count). The highest BCUT2D eigenvalue weighted by molar-refractivity contribution is 7.80. The van der Waals surface area contributed by atoms with E-state index in [9.17, 15) is 29.2 Å². The van der Waals surface area contributed by atoms with E-state index in [0.717, 1.165) is 23.1 Å². The van der Waals surface area contributed by atoms with E-state index in [2.05, 4.69) is 5.32 Å². The van der Waals surface area contributed by atoms with Crippen LogP contribution in [-0.2, 0) is 9.59 Å². The van der Waals surface area contributed by atoms with Crippen molar-refractivity contribution in [3.05, 3.63) is 63.5 Å². The van der Waals surface area contributed by atoms with Crippen molar-refractivity contribution >= 4 is 46.6 Å². The molecule has 11 heteroatoms. The highest BCUT2D eigenvalue weighted by atomic mass is 32.1. The summed E-state index contributed by atoms with van der Waals surface area (Å²) in [6.07, 6.45) is 1.06. The molecule has 0 unspecified atom stereocenters. The molecule has 1 saturated heterocycles. The number of hydrogen-bond donors (Lipinski definition) is 2. The lowest BCUT2D eigenvalue weighted by Crippen LogP contribution is -2.54. The number of nitro benzene ring substituents is 1. The lowest BCUT2D eigenvalue weighted by atomic mass is 10.1. The summed E-state index contributed by atoms with van der Waals surface area (Å²) in [4.78, 5) is 36.3. The van der Waals surface area contributed by atoms with Crippen LogP contribution in [0.1, 0.15) is 5.56 Å². The van der Waals surface area contributed by atoms with Crippen molar-refractivity contribution in [3.8, 4) is 11.5 Å². The molecule has 0 aromatic heterocycles. The van der Waals surface area contributed by atoms with Crippen LogP contribution in [0.25, 0.3) is 6.08 Å². The van der Waals surface area contributed by atoms with E-state index >= 15 is 0 Å². The average molecular weight is 417 g/mol. The highest BCUT2D eigenvalue weighted by Crippen LogP contribution is 2.37. The number of nitrogens with one attached hydrogen (secondary N) is 1. The largest absolute Gasteiger partial charge is 0.500 e. The van der Waals surface area contributed by atoms with Crippen molar-refractivity contribution in [2.45, 2.75) is 0 Å². The molecule has 0 bridgehead atoms. The molecule has 0 spiro atoms. The van der Waals surface area contributed by atoms with Crippen LogP contribution in [0.2, 0.25) is 0 Å². The van der Waals surface area contributed by atoms with E-state index in [-0.39, 0.29) is 22.1 Å². The zero-order valence-electron chi connectivity index (χ0n) is 14.7. The fourth-order valence-corrected chi connectivity index (χ4v) is 2.94. The van der Waals surface area contributed by atoms with Gasteiger partial charge in [-0.05, 0) is 42.1 Å². The number of hydrogen-bond acceptors (Lipinski definition) is 7. The molecular weight excluding hydrogens is 405 g/mol. The number of phenols is 1. The number of phenolic OH excluding ortho intramolecular Hbond substituents is 1. The van der Waals surface area contributed by atoms with E-state index in [1.54, 1.807) is 0 Å². The summed E-state index contributed by atoms with van der Waals surface area (Å²) < 4.78 is 19.0. The molecule has 2 amide bonds. The van der Waals surface area contributed by atoms with E-state index in [0.29, 0.717) is 0 Å². The first-order valence-corrected chi connectivity index (χ1v) is 8.36. The highest BCUT2D eigenvalue weighted by Gasteiger charge is 2.36. The average Bonchev–Trinajstić information content (AvgIpc) is 2.67. The molecular formula is C18H12FN3O6S. The monoisotopic (exact) mass is 417 g/mol. The number of rotatable bonds is 4. The first kappa shape index (κ1) is 19.9. The van der Waals surface area contributed by atoms with E-state index in [4.69, 9.17) is 17.0 Å². The van der Waals surface area contributed by atoms with Gasteiger partial charge in [-0.2, -0.15) is 0 Å². The number of nitrogens with zero attached hydrogens (tertiary/aromatic N) is 2. The van der Waals surface area contributed by atoms with Gasteiger partial charge in [0.1, 0.15) is 11.4 Å². The van der Waals surface area contributed by atoms with Crippen molar-refractivity contribution in [3.63, 3.8) is 0 Å². The SMILES string of the molecule is COc1cc(/C=C2/C(=O)NC(=S)N(c3ccccc3F)C2=O)cc([N+](=O)[O-])c1O. The minimum atomic E-state index is -0.918. The number of benzene rings is 2. The Balaban J connectivity index is 2.11. The van der Waals surface area contributed by atoms with Gasteiger partial charge >= 0.3 is 5.69 Å². The van der Waals surface area contributed by atoms with Crippen molar-refractivity contribution in [1.29, 1.82) is 0 Å². The van der Waals surface area contributed by atoms with Crippen LogP contribution in [0, 0.1) is 15.9 Å². The van der Waals surface area contributed by atoms with Crippen LogP contribution in [0.15, 0.2) is 42.0 Å². The third kappa shape index (κ3) is 3.62. The van der Waals surface area contributed by atoms with Gasteiger partial charge in [0, 0.05) is 6.07 Å². The standard InChI is InChI=1S/C18H12FN3O6S/c1-28-14-8-9(7-13(15(14)23)22(26)27)6-10-16(24)20-18(29)21(17(10)25)12-5-3-2-4-11(12)19/h2-8,23H,1H3,(H,20,24,29)/b10-6-. The maximum Gasteiger partial charge on any atom is 0.315 e. The third-order valence-electron chi connectivity index (χ3n) is 4.00. The molecule has 29 heavy (non-hydrogen) atoms. The Morgan fingerprint density at radius 2 is 2.00 bits per heavy atom. The number of amides is 2. The number of thiocarbonyl (C=S) groups is 1. The van der Waals surface area contributed by atoms with Gasteiger partial charge in [0.05, 0.1) is 17.7 Å². The lowest BCUT2D eigenvalue weighted by Gasteiger charge is -2.29. The summed E-state index contributed by atoms with van der Waals surface area (Å²) in [6, 6.07) is 7.51. The maximum atomic E-state index is 14.2. The molecule has 2 N–H and O–H groups in total. The van der Waals surface area contributed by atoms with Crippen molar-refractivity contribution < 1.29 is 28.7 Å². The molecule has 9 nitrogen and oxygen atoms in total. The lowest BCUT2D eigenvalue weighted by molar-refractivity contribution is -0.386. The summed E-state index contributed by atoms with van der Waals surface area (Å²) in [7, 11) is 1.19. The topological polar surface area (TPSA) is 122 Å². The van der Waals surface area contributed by atoms with E-state index in [1.807, 2.05) is 0 Å². The fourth-order valence-electron chi connectivity index (χ4n) is 2.67. The van der Waals surface area contributed by atoms with Gasteiger partial charge < -0.3 is 9.84 Å². The molecule has 1 fully saturated rings. The second-order valence-corrected chi connectivity index (χ2v) is 6.14. The molecule has 1 heterocycles. The Morgan fingerprint density at radius 3 is 2.62 bits per heavy atom. The Kier molecular flexibility index (Phi) is 5.24. The number of anilines is 1. The number of carbonyl (C=O) groups excluding carboxylic acids is 2. The van der Waals surface area contributed by atoms with Gasteiger partial charge in [0.15, 0.2) is 10.9 Å². The molecule has 0 atom stereocenters. The normalized spacial score (nSPS) is 15.4. The van der Waals surface area contributed by atoms with Gasteiger partial charge in [-0.25, -0.2) is 9.29 Å². The Bertz CT molecular complexity index is 1100. The first-order valence-electron chi connectivity index (χ1n) is 7.96. The van der Waals surface area contributed by atoms with Crippen LogP contribution >= 0.6 is 12.2 Å².